The van der Waals surface area contributed by atoms with Crippen LogP contribution in [0.5, 0.6) is 0 Å². The summed E-state index contributed by atoms with van der Waals surface area (Å²) in [6, 6.07) is 203. The topological polar surface area (TPSA) is 9.72 Å². The Kier molecular flexibility index (Phi) is 23.4. The van der Waals surface area contributed by atoms with Gasteiger partial charge in [-0.05, 0) is 316 Å². The Morgan fingerprint density at radius 3 is 0.563 bits per heavy atom. The summed E-state index contributed by atoms with van der Waals surface area (Å²) in [5.74, 6) is 0. The highest BCUT2D eigenvalue weighted by Crippen LogP contribution is 2.44. The molecule has 636 valence electrons. The largest absolute Gasteiger partial charge is 0.311 e. The van der Waals surface area contributed by atoms with Crippen molar-refractivity contribution in [1.29, 1.82) is 0 Å². The van der Waals surface area contributed by atoms with Gasteiger partial charge in [0.05, 0.1) is 0 Å². The van der Waals surface area contributed by atoms with Crippen molar-refractivity contribution in [2.75, 3.05) is 14.7 Å². The maximum atomic E-state index is 2.32. The number of anilines is 9. The van der Waals surface area contributed by atoms with Crippen LogP contribution >= 0.6 is 0 Å². The van der Waals surface area contributed by atoms with E-state index in [-0.39, 0.29) is 0 Å². The zero-order valence-electron chi connectivity index (χ0n) is 74.5. The van der Waals surface area contributed by atoms with Crippen molar-refractivity contribution in [3.05, 3.63) is 564 Å². The molecule has 0 radical (unpaired) electrons. The van der Waals surface area contributed by atoms with E-state index in [1.165, 1.54) is 165 Å². The third kappa shape index (κ3) is 18.0. The Morgan fingerprint density at radius 2 is 0.259 bits per heavy atom. The van der Waals surface area contributed by atoms with Crippen molar-refractivity contribution in [2.24, 2.45) is 0 Å². The van der Waals surface area contributed by atoms with Crippen molar-refractivity contribution < 1.29 is 0 Å². The van der Waals surface area contributed by atoms with Crippen LogP contribution in [-0.2, 0) is 0 Å². The molecule has 0 spiro atoms. The van der Waals surface area contributed by atoms with Crippen LogP contribution in [0.4, 0.5) is 51.2 Å². The fourth-order valence-corrected chi connectivity index (χ4v) is 18.9. The second kappa shape index (κ2) is 38.1. The van der Waals surface area contributed by atoms with E-state index < -0.39 is 0 Å². The van der Waals surface area contributed by atoms with Crippen molar-refractivity contribution in [3.63, 3.8) is 0 Å². The first-order chi connectivity index (χ1) is 66.9. The lowest BCUT2D eigenvalue weighted by Gasteiger charge is -2.26. The normalized spacial score (nSPS) is 11.1. The predicted octanol–water partition coefficient (Wildman–Crippen LogP) is 37.4. The molecule has 0 amide bonds. The van der Waals surface area contributed by atoms with Gasteiger partial charge in [0.2, 0.25) is 0 Å². The van der Waals surface area contributed by atoms with Gasteiger partial charge in [-0.1, -0.05) is 413 Å². The minimum Gasteiger partial charge on any atom is -0.311 e. The number of para-hydroxylation sites is 3. The molecule has 0 aliphatic carbocycles. The highest BCUT2D eigenvalue weighted by atomic mass is 15.2. The third-order valence-electron chi connectivity index (χ3n) is 25.9. The highest BCUT2D eigenvalue weighted by molar-refractivity contribution is 6.03. The number of fused-ring (bicyclic) bond motifs is 6. The number of rotatable bonds is 18. The molecule has 0 atom stereocenters. The minimum absolute atomic E-state index is 1.12. The highest BCUT2D eigenvalue weighted by Gasteiger charge is 2.20. The maximum absolute atomic E-state index is 2.32. The molecule has 3 nitrogen and oxygen atoms in total. The van der Waals surface area contributed by atoms with Crippen LogP contribution in [0.15, 0.2) is 564 Å². The Labute approximate surface area is 789 Å². The lowest BCUT2D eigenvalue weighted by molar-refractivity contribution is 1.28. The molecular formula is C132H93N3. The zero-order valence-corrected chi connectivity index (χ0v) is 74.5. The monoisotopic (exact) mass is 1720 g/mol. The molecule has 0 saturated carbocycles. The number of hydrogen-bond acceptors (Lipinski definition) is 3. The van der Waals surface area contributed by atoms with Gasteiger partial charge >= 0.3 is 0 Å². The molecule has 0 unspecified atom stereocenters. The fourth-order valence-electron chi connectivity index (χ4n) is 18.9. The quantitative estimate of drug-likeness (QED) is 0.0848. The van der Waals surface area contributed by atoms with Gasteiger partial charge in [0.25, 0.3) is 0 Å². The van der Waals surface area contributed by atoms with Gasteiger partial charge in [-0.15, -0.1) is 0 Å². The molecule has 0 aliphatic heterocycles. The van der Waals surface area contributed by atoms with E-state index in [0.29, 0.717) is 0 Å². The molecule has 24 aromatic rings. The summed E-state index contributed by atoms with van der Waals surface area (Å²) < 4.78 is 0. The van der Waals surface area contributed by atoms with Gasteiger partial charge < -0.3 is 14.7 Å². The number of hydrogen-bond donors (Lipinski definition) is 0. The van der Waals surface area contributed by atoms with Gasteiger partial charge in [0.1, 0.15) is 0 Å². The van der Waals surface area contributed by atoms with Gasteiger partial charge in [-0.25, -0.2) is 0 Å². The second-order valence-electron chi connectivity index (χ2n) is 34.3. The first-order valence-corrected chi connectivity index (χ1v) is 46.3. The predicted molar refractivity (Wildman–Crippen MR) is 577 cm³/mol. The Morgan fingerprint density at radius 1 is 0.0889 bits per heavy atom. The molecule has 135 heavy (non-hydrogen) atoms. The molecule has 0 heterocycles. The van der Waals surface area contributed by atoms with Crippen LogP contribution in [0.3, 0.4) is 0 Å². The van der Waals surface area contributed by atoms with Gasteiger partial charge in [0, 0.05) is 51.2 Å². The van der Waals surface area contributed by atoms with Crippen LogP contribution in [0.25, 0.3) is 165 Å². The van der Waals surface area contributed by atoms with Gasteiger partial charge in [0.15, 0.2) is 0 Å². The average molecular weight is 1720 g/mol. The van der Waals surface area contributed by atoms with Crippen LogP contribution in [0.1, 0.15) is 0 Å². The van der Waals surface area contributed by atoms with Gasteiger partial charge in [-0.2, -0.15) is 0 Å². The van der Waals surface area contributed by atoms with E-state index in [2.05, 4.69) is 579 Å². The molecule has 24 aromatic carbocycles. The number of nitrogens with zero attached hydrogens (tertiary/aromatic N) is 3. The lowest BCUT2D eigenvalue weighted by atomic mass is 9.95. The molecule has 0 saturated heterocycles. The van der Waals surface area contributed by atoms with Crippen LogP contribution in [-0.4, -0.2) is 0 Å². The van der Waals surface area contributed by atoms with E-state index in [9.17, 15) is 0 Å². The number of benzene rings is 24. The maximum Gasteiger partial charge on any atom is 0.0462 e. The van der Waals surface area contributed by atoms with Crippen molar-refractivity contribution in [2.45, 2.75) is 0 Å². The smallest absolute Gasteiger partial charge is 0.0462 e. The third-order valence-corrected chi connectivity index (χ3v) is 25.9. The summed E-state index contributed by atoms with van der Waals surface area (Å²) in [5.41, 5.74) is 32.2. The van der Waals surface area contributed by atoms with Crippen LogP contribution in [0.2, 0.25) is 0 Å². The van der Waals surface area contributed by atoms with Crippen LogP contribution in [0, 0.1) is 0 Å². The SMILES string of the molecule is c1ccc(-c2ccc(N(c3ccccc3)c3ccc(-c4ccc5cc(-c6cccc7ccccc67)ccc5c4)cc3)cc2)cc1.c1ccc(-c2ccc(N(c3ccccc3)c3ccc(-c4ccc5ccc(-c6ccc7ccccc7c6)cc5c4)cc3)cc2)cc1.c1ccc(-c2ccc(N(c3ccccc3)c3ccc(-c4ccc5ccc(-c6cccc7ccccc67)cc5c4)cc3)cc2)cc1. The Hall–Kier alpha value is -17.8. The lowest BCUT2D eigenvalue weighted by Crippen LogP contribution is -2.09. The van der Waals surface area contributed by atoms with E-state index in [1.54, 1.807) is 0 Å². The van der Waals surface area contributed by atoms with E-state index in [1.807, 2.05) is 0 Å². The van der Waals surface area contributed by atoms with Crippen molar-refractivity contribution in [1.82, 2.24) is 0 Å². The standard InChI is InChI=1S/3C44H31N/c1-3-10-32(11-4-1)33-22-26-41(27-23-33)45(40-14-5-2-6-15-40)42-28-24-34(25-29-42)37-20-18-35-19-21-38(31-39(35)30-37)44-17-9-13-36-12-7-8-16-43(36)44;1-3-10-32(11-4-1)33-22-26-41(27-23-33)45(40-14-5-2-6-15-40)42-28-24-34(25-29-42)36-18-19-38-31-39(21-20-37(38)30-36)44-17-9-13-35-12-7-8-16-43(35)44;1-3-9-32(10-4-1)34-21-25-43(26-22-34)45(42-13-5-2-6-14-42)44-27-23-35(24-28-44)38-18-16-36-17-20-40(31-41(36)30-38)39-19-15-33-11-7-8-12-37(33)29-39/h3*1-31H. The molecule has 0 aromatic heterocycles. The molecule has 24 rings (SSSR count). The minimum atomic E-state index is 1.12. The van der Waals surface area contributed by atoms with E-state index in [4.69, 9.17) is 0 Å². The molecule has 0 aliphatic rings. The van der Waals surface area contributed by atoms with E-state index >= 15 is 0 Å². The Balaban J connectivity index is 0.000000118. The summed E-state index contributed by atoms with van der Waals surface area (Å²) in [6.45, 7) is 0. The van der Waals surface area contributed by atoms with Crippen LogP contribution < -0.4 is 14.7 Å². The molecule has 0 bridgehead atoms. The van der Waals surface area contributed by atoms with Gasteiger partial charge in [-0.3, -0.25) is 0 Å². The molecule has 0 N–H and O–H groups in total. The second-order valence-corrected chi connectivity index (χ2v) is 34.3. The van der Waals surface area contributed by atoms with Crippen molar-refractivity contribution in [3.8, 4) is 100 Å². The summed E-state index contributed by atoms with van der Waals surface area (Å²) in [4.78, 5) is 6.94. The first-order valence-electron chi connectivity index (χ1n) is 46.3. The summed E-state index contributed by atoms with van der Waals surface area (Å²) in [7, 11) is 0. The zero-order chi connectivity index (χ0) is 90.0. The first kappa shape index (κ1) is 82.9. The van der Waals surface area contributed by atoms with Crippen molar-refractivity contribution >= 4 is 116 Å². The fraction of sp³-hybridized carbons (Fsp3) is 0. The van der Waals surface area contributed by atoms with E-state index in [0.717, 1.165) is 51.2 Å². The molecule has 3 heteroatoms. The Bertz CT molecular complexity index is 8250. The summed E-state index contributed by atoms with van der Waals surface area (Å²) >= 11 is 0. The molecule has 0 fully saturated rings. The average Bonchev–Trinajstić information content (AvgIpc) is 0.780. The summed E-state index contributed by atoms with van der Waals surface area (Å²) in [5, 5.41) is 15.1. The summed E-state index contributed by atoms with van der Waals surface area (Å²) in [6.07, 6.45) is 0. The molecular weight excluding hydrogens is 1630 g/mol.